The van der Waals surface area contributed by atoms with Gasteiger partial charge in [0.05, 0.1) is 7.11 Å². The second kappa shape index (κ2) is 8.15. The third-order valence-corrected chi connectivity index (χ3v) is 4.41. The van der Waals surface area contributed by atoms with Gasteiger partial charge in [-0.25, -0.2) is 4.79 Å². The first kappa shape index (κ1) is 17.7. The summed E-state index contributed by atoms with van der Waals surface area (Å²) in [5.74, 6) is -0.242. The number of carbonyl (C=O) groups is 1. The van der Waals surface area contributed by atoms with Crippen molar-refractivity contribution in [1.82, 2.24) is 10.2 Å². The molecule has 0 aromatic heterocycles. The summed E-state index contributed by atoms with van der Waals surface area (Å²) in [6.45, 7) is 5.19. The molecule has 0 aliphatic rings. The molecule has 21 heavy (non-hydrogen) atoms. The monoisotopic (exact) mass is 292 g/mol. The van der Waals surface area contributed by atoms with Crippen LogP contribution in [0.2, 0.25) is 0 Å². The van der Waals surface area contributed by atoms with Gasteiger partial charge in [0, 0.05) is 12.6 Å². The van der Waals surface area contributed by atoms with Crippen molar-refractivity contribution in [2.45, 2.75) is 38.3 Å². The van der Waals surface area contributed by atoms with E-state index in [-0.39, 0.29) is 5.97 Å². The highest BCUT2D eigenvalue weighted by atomic mass is 16.5. The van der Waals surface area contributed by atoms with Crippen LogP contribution in [0.3, 0.4) is 0 Å². The molecule has 2 unspecified atom stereocenters. The second-order valence-electron chi connectivity index (χ2n) is 5.50. The number of likely N-dealkylation sites (N-methyl/N-ethyl adjacent to an activating group) is 1. The van der Waals surface area contributed by atoms with Crippen LogP contribution in [0.5, 0.6) is 0 Å². The van der Waals surface area contributed by atoms with Gasteiger partial charge in [-0.15, -0.1) is 0 Å². The largest absolute Gasteiger partial charge is 0.467 e. The van der Waals surface area contributed by atoms with Gasteiger partial charge in [0.1, 0.15) is 5.54 Å². The predicted molar refractivity (Wildman–Crippen MR) is 86.2 cm³/mol. The molecule has 0 fully saturated rings. The standard InChI is InChI=1S/C17H28N2O2/c1-6-14(2)19(4)13-12-17(18-3,16(20)21-5)15-10-8-7-9-11-15/h7-11,14,18H,6,12-13H2,1-5H3. The number of hydrogen-bond donors (Lipinski definition) is 1. The number of hydrogen-bond acceptors (Lipinski definition) is 4. The second-order valence-corrected chi connectivity index (χ2v) is 5.50. The quantitative estimate of drug-likeness (QED) is 0.747. The highest BCUT2D eigenvalue weighted by Crippen LogP contribution is 2.27. The van der Waals surface area contributed by atoms with Crippen molar-refractivity contribution in [1.29, 1.82) is 0 Å². The lowest BCUT2D eigenvalue weighted by Crippen LogP contribution is -2.50. The Morgan fingerprint density at radius 3 is 2.48 bits per heavy atom. The van der Waals surface area contributed by atoms with E-state index >= 15 is 0 Å². The zero-order valence-electron chi connectivity index (χ0n) is 13.8. The molecule has 0 aliphatic heterocycles. The van der Waals surface area contributed by atoms with Crippen molar-refractivity contribution >= 4 is 5.97 Å². The molecule has 1 N–H and O–H groups in total. The van der Waals surface area contributed by atoms with Crippen molar-refractivity contribution in [2.24, 2.45) is 0 Å². The van der Waals surface area contributed by atoms with Crippen LogP contribution in [0, 0.1) is 0 Å². The molecular weight excluding hydrogens is 264 g/mol. The highest BCUT2D eigenvalue weighted by Gasteiger charge is 2.39. The van der Waals surface area contributed by atoms with E-state index in [0.717, 1.165) is 18.5 Å². The fraction of sp³-hybridized carbons (Fsp3) is 0.588. The average molecular weight is 292 g/mol. The maximum Gasteiger partial charge on any atom is 0.330 e. The molecule has 2 atom stereocenters. The summed E-state index contributed by atoms with van der Waals surface area (Å²) in [6, 6.07) is 10.3. The average Bonchev–Trinajstić information content (AvgIpc) is 2.55. The summed E-state index contributed by atoms with van der Waals surface area (Å²) in [4.78, 5) is 14.7. The van der Waals surface area contributed by atoms with E-state index in [9.17, 15) is 4.79 Å². The Balaban J connectivity index is 3.00. The van der Waals surface area contributed by atoms with E-state index in [0.29, 0.717) is 12.5 Å². The van der Waals surface area contributed by atoms with E-state index in [4.69, 9.17) is 4.74 Å². The first-order valence-corrected chi connectivity index (χ1v) is 7.55. The van der Waals surface area contributed by atoms with Crippen LogP contribution >= 0.6 is 0 Å². The van der Waals surface area contributed by atoms with Crippen molar-refractivity contribution in [3.63, 3.8) is 0 Å². The number of methoxy groups -OCH3 is 1. The minimum Gasteiger partial charge on any atom is -0.467 e. The Morgan fingerprint density at radius 2 is 2.00 bits per heavy atom. The van der Waals surface area contributed by atoms with Gasteiger partial charge in [0.2, 0.25) is 0 Å². The SMILES string of the molecule is CCC(C)N(C)CCC(NC)(C(=O)OC)c1ccccc1. The molecule has 118 valence electrons. The van der Waals surface area contributed by atoms with Gasteiger partial charge < -0.3 is 15.0 Å². The van der Waals surface area contributed by atoms with Crippen LogP contribution in [-0.2, 0) is 15.1 Å². The van der Waals surface area contributed by atoms with Crippen molar-refractivity contribution in [3.8, 4) is 0 Å². The number of rotatable bonds is 8. The fourth-order valence-corrected chi connectivity index (χ4v) is 2.51. The zero-order chi connectivity index (χ0) is 15.9. The maximum absolute atomic E-state index is 12.4. The molecule has 0 saturated heterocycles. The topological polar surface area (TPSA) is 41.6 Å². The van der Waals surface area contributed by atoms with Gasteiger partial charge in [0.25, 0.3) is 0 Å². The van der Waals surface area contributed by atoms with Crippen molar-refractivity contribution < 1.29 is 9.53 Å². The maximum atomic E-state index is 12.4. The molecular formula is C17H28N2O2. The van der Waals surface area contributed by atoms with Crippen molar-refractivity contribution in [3.05, 3.63) is 35.9 Å². The van der Waals surface area contributed by atoms with Crippen molar-refractivity contribution in [2.75, 3.05) is 27.7 Å². The van der Waals surface area contributed by atoms with E-state index in [1.54, 1.807) is 0 Å². The Labute approximate surface area is 128 Å². The van der Waals surface area contributed by atoms with Gasteiger partial charge >= 0.3 is 5.97 Å². The molecule has 4 nitrogen and oxygen atoms in total. The van der Waals surface area contributed by atoms with E-state index < -0.39 is 5.54 Å². The smallest absolute Gasteiger partial charge is 0.330 e. The normalized spacial score (nSPS) is 15.5. The highest BCUT2D eigenvalue weighted by molar-refractivity contribution is 5.82. The van der Waals surface area contributed by atoms with Crippen LogP contribution < -0.4 is 5.32 Å². The van der Waals surface area contributed by atoms with Gasteiger partial charge in [-0.2, -0.15) is 0 Å². The van der Waals surface area contributed by atoms with E-state index in [1.165, 1.54) is 7.11 Å². The summed E-state index contributed by atoms with van der Waals surface area (Å²) in [6.07, 6.45) is 1.76. The molecule has 4 heteroatoms. The number of ether oxygens (including phenoxy) is 1. The van der Waals surface area contributed by atoms with E-state index in [1.807, 2.05) is 37.4 Å². The molecule has 0 spiro atoms. The lowest BCUT2D eigenvalue weighted by atomic mass is 9.86. The predicted octanol–water partition coefficient (Wildman–Crippen LogP) is 2.39. The Hall–Kier alpha value is -1.39. The summed E-state index contributed by atoms with van der Waals surface area (Å²) in [7, 11) is 5.35. The molecule has 0 amide bonds. The summed E-state index contributed by atoms with van der Waals surface area (Å²) in [5.41, 5.74) is 0.148. The van der Waals surface area contributed by atoms with E-state index in [2.05, 4.69) is 31.1 Å². The molecule has 0 saturated carbocycles. The van der Waals surface area contributed by atoms with Crippen LogP contribution in [0.4, 0.5) is 0 Å². The van der Waals surface area contributed by atoms with Gasteiger partial charge in [0.15, 0.2) is 0 Å². The van der Waals surface area contributed by atoms with Gasteiger partial charge in [-0.1, -0.05) is 37.3 Å². The van der Waals surface area contributed by atoms with Crippen LogP contribution in [0.15, 0.2) is 30.3 Å². The van der Waals surface area contributed by atoms with Crippen LogP contribution in [0.1, 0.15) is 32.3 Å². The molecule has 0 bridgehead atoms. The number of esters is 1. The molecule has 0 radical (unpaired) electrons. The molecule has 0 heterocycles. The Kier molecular flexibility index (Phi) is 6.85. The summed E-state index contributed by atoms with van der Waals surface area (Å²) < 4.78 is 5.06. The van der Waals surface area contributed by atoms with Crippen LogP contribution in [0.25, 0.3) is 0 Å². The Morgan fingerprint density at radius 1 is 1.38 bits per heavy atom. The third-order valence-electron chi connectivity index (χ3n) is 4.41. The Bertz CT molecular complexity index is 436. The van der Waals surface area contributed by atoms with Crippen LogP contribution in [-0.4, -0.2) is 44.7 Å². The summed E-state index contributed by atoms with van der Waals surface area (Å²) >= 11 is 0. The molecule has 1 aromatic carbocycles. The first-order valence-electron chi connectivity index (χ1n) is 7.55. The number of benzene rings is 1. The lowest BCUT2D eigenvalue weighted by molar-refractivity contribution is -0.149. The fourth-order valence-electron chi connectivity index (χ4n) is 2.51. The summed E-state index contributed by atoms with van der Waals surface area (Å²) in [5, 5.41) is 3.19. The molecule has 1 aromatic rings. The lowest BCUT2D eigenvalue weighted by Gasteiger charge is -2.34. The zero-order valence-corrected chi connectivity index (χ0v) is 13.8. The minimum atomic E-state index is -0.794. The number of carbonyl (C=O) groups excluding carboxylic acids is 1. The minimum absolute atomic E-state index is 0.242. The molecule has 1 rings (SSSR count). The number of nitrogens with one attached hydrogen (secondary N) is 1. The van der Waals surface area contributed by atoms with Gasteiger partial charge in [-0.05, 0) is 39.4 Å². The van der Waals surface area contributed by atoms with Gasteiger partial charge in [-0.3, -0.25) is 0 Å². The first-order chi connectivity index (χ1) is 10.0. The molecule has 0 aliphatic carbocycles. The number of nitrogens with zero attached hydrogens (tertiary/aromatic N) is 1. The third kappa shape index (κ3) is 4.05.